The lowest BCUT2D eigenvalue weighted by Crippen LogP contribution is -2.47. The maximum Gasteiger partial charge on any atom is 0.398 e. The SMILES string of the molecule is CN(C(=O)N1CCC(C(=N)c2ccc(C(=O)O)cc2F)=C(NC(=O)c2c(Cl)cccc2C2(C(F)(F)F)CC2)C1)c1ccccc1. The lowest BCUT2D eigenvalue weighted by atomic mass is 9.89. The number of anilines is 1. The zero-order chi connectivity index (χ0) is 32.7. The predicted molar refractivity (Wildman–Crippen MR) is 160 cm³/mol. The molecule has 1 saturated carbocycles. The van der Waals surface area contributed by atoms with Crippen LogP contribution in [-0.2, 0) is 5.41 Å². The molecule has 2 aliphatic rings. The fourth-order valence-electron chi connectivity index (χ4n) is 5.49. The van der Waals surface area contributed by atoms with Crippen molar-refractivity contribution in [2.75, 3.05) is 25.0 Å². The zero-order valence-electron chi connectivity index (χ0n) is 23.8. The minimum atomic E-state index is -4.63. The first-order valence-corrected chi connectivity index (χ1v) is 14.2. The Labute approximate surface area is 260 Å². The molecule has 5 rings (SSSR count). The van der Waals surface area contributed by atoms with Gasteiger partial charge in [0, 0.05) is 36.1 Å². The molecule has 45 heavy (non-hydrogen) atoms. The van der Waals surface area contributed by atoms with E-state index in [0.29, 0.717) is 5.69 Å². The number of nitrogens with one attached hydrogen (secondary N) is 2. The van der Waals surface area contributed by atoms with Gasteiger partial charge < -0.3 is 15.3 Å². The van der Waals surface area contributed by atoms with Crippen LogP contribution in [0.25, 0.3) is 0 Å². The third-order valence-electron chi connectivity index (χ3n) is 8.15. The van der Waals surface area contributed by atoms with Crippen LogP contribution in [0.15, 0.2) is 78.0 Å². The van der Waals surface area contributed by atoms with E-state index >= 15 is 4.39 Å². The number of carboxylic acids is 1. The molecule has 234 valence electrons. The second-order valence-corrected chi connectivity index (χ2v) is 11.3. The Bertz CT molecular complexity index is 1740. The number of alkyl halides is 3. The number of amides is 3. The first-order chi connectivity index (χ1) is 21.2. The summed E-state index contributed by atoms with van der Waals surface area (Å²) < 4.78 is 57.3. The van der Waals surface area contributed by atoms with E-state index in [2.05, 4.69) is 5.32 Å². The summed E-state index contributed by atoms with van der Waals surface area (Å²) in [6.07, 6.45) is -5.08. The molecule has 0 radical (unpaired) electrons. The Kier molecular flexibility index (Phi) is 8.45. The number of nitrogens with zero attached hydrogens (tertiary/aromatic N) is 2. The van der Waals surface area contributed by atoms with Crippen molar-refractivity contribution in [2.45, 2.75) is 30.9 Å². The largest absolute Gasteiger partial charge is 0.478 e. The van der Waals surface area contributed by atoms with Gasteiger partial charge in [0.05, 0.1) is 33.8 Å². The highest BCUT2D eigenvalue weighted by Crippen LogP contribution is 2.60. The summed E-state index contributed by atoms with van der Waals surface area (Å²) in [6.45, 7) is -0.199. The monoisotopic (exact) mass is 642 g/mol. The summed E-state index contributed by atoms with van der Waals surface area (Å²) in [5.74, 6) is -3.33. The molecule has 1 aliphatic carbocycles. The van der Waals surface area contributed by atoms with Gasteiger partial charge in [-0.2, -0.15) is 13.2 Å². The number of carbonyl (C=O) groups is 3. The average Bonchev–Trinajstić information content (AvgIpc) is 3.83. The molecular formula is C32H27ClF4N4O4. The molecule has 0 saturated heterocycles. The van der Waals surface area contributed by atoms with Crippen LogP contribution in [0.3, 0.4) is 0 Å². The van der Waals surface area contributed by atoms with Gasteiger partial charge in [0.2, 0.25) is 0 Å². The quantitative estimate of drug-likeness (QED) is 0.195. The van der Waals surface area contributed by atoms with Crippen molar-refractivity contribution >= 4 is 40.9 Å². The number of para-hydroxylation sites is 1. The number of aromatic carboxylic acids is 1. The van der Waals surface area contributed by atoms with Crippen LogP contribution in [0.5, 0.6) is 0 Å². The van der Waals surface area contributed by atoms with Crippen molar-refractivity contribution in [3.05, 3.63) is 111 Å². The lowest BCUT2D eigenvalue weighted by Gasteiger charge is -2.34. The number of halogens is 5. The highest BCUT2D eigenvalue weighted by molar-refractivity contribution is 6.34. The summed E-state index contributed by atoms with van der Waals surface area (Å²) in [5, 5.41) is 20.4. The Morgan fingerprint density at radius 3 is 2.33 bits per heavy atom. The molecule has 0 aromatic heterocycles. The zero-order valence-corrected chi connectivity index (χ0v) is 24.6. The van der Waals surface area contributed by atoms with Gasteiger partial charge in [-0.1, -0.05) is 41.9 Å². The predicted octanol–water partition coefficient (Wildman–Crippen LogP) is 6.79. The molecule has 1 fully saturated rings. The summed E-state index contributed by atoms with van der Waals surface area (Å²) in [7, 11) is 1.55. The molecule has 8 nitrogen and oxygen atoms in total. The van der Waals surface area contributed by atoms with E-state index in [4.69, 9.17) is 17.0 Å². The van der Waals surface area contributed by atoms with Crippen LogP contribution in [0.4, 0.5) is 28.0 Å². The molecule has 3 aromatic carbocycles. The summed E-state index contributed by atoms with van der Waals surface area (Å²) >= 11 is 6.32. The number of carboxylic acid groups (broad SMARTS) is 1. The Morgan fingerprint density at radius 2 is 1.73 bits per heavy atom. The van der Waals surface area contributed by atoms with Crippen molar-refractivity contribution in [3.63, 3.8) is 0 Å². The van der Waals surface area contributed by atoms with Crippen molar-refractivity contribution in [2.24, 2.45) is 0 Å². The van der Waals surface area contributed by atoms with E-state index < -0.39 is 35.3 Å². The lowest BCUT2D eigenvalue weighted by molar-refractivity contribution is -0.160. The second kappa shape index (κ2) is 12.0. The van der Waals surface area contributed by atoms with Gasteiger partial charge in [0.1, 0.15) is 5.82 Å². The maximum atomic E-state index is 15.0. The smallest absolute Gasteiger partial charge is 0.398 e. The number of hydrogen-bond acceptors (Lipinski definition) is 4. The van der Waals surface area contributed by atoms with Gasteiger partial charge in [-0.15, -0.1) is 0 Å². The number of rotatable bonds is 7. The average molecular weight is 643 g/mol. The van der Waals surface area contributed by atoms with Crippen LogP contribution >= 0.6 is 11.6 Å². The molecule has 3 amide bonds. The second-order valence-electron chi connectivity index (χ2n) is 10.9. The third-order valence-corrected chi connectivity index (χ3v) is 8.46. The van der Waals surface area contributed by atoms with E-state index in [1.165, 1.54) is 28.0 Å². The summed E-state index contributed by atoms with van der Waals surface area (Å²) in [5.41, 5.74) is -3.14. The molecule has 3 aromatic rings. The Balaban J connectivity index is 1.54. The Hall–Kier alpha value is -4.71. The van der Waals surface area contributed by atoms with Crippen molar-refractivity contribution in [3.8, 4) is 0 Å². The highest BCUT2D eigenvalue weighted by Gasteiger charge is 2.65. The van der Waals surface area contributed by atoms with Crippen molar-refractivity contribution in [1.29, 1.82) is 5.41 Å². The van der Waals surface area contributed by atoms with Crippen molar-refractivity contribution in [1.82, 2.24) is 10.2 Å². The van der Waals surface area contributed by atoms with E-state index in [0.717, 1.165) is 18.2 Å². The van der Waals surface area contributed by atoms with E-state index in [1.54, 1.807) is 37.4 Å². The third kappa shape index (κ3) is 6.02. The molecule has 0 spiro atoms. The molecule has 1 heterocycles. The van der Waals surface area contributed by atoms with Crippen molar-refractivity contribution < 1.29 is 37.1 Å². The van der Waals surface area contributed by atoms with Gasteiger partial charge in [-0.25, -0.2) is 14.0 Å². The standard InChI is InChI=1S/C32H27ClF4N4O4/c1-40(19-6-3-2-4-7-19)30(45)41-15-12-21(27(38)20-11-10-18(29(43)44)16-24(20)34)25(17-41)39-28(42)26-22(8-5-9-23(26)33)31(13-14-31)32(35,36)37/h2-11,16,38H,12-15,17H2,1H3,(H,39,42)(H,43,44). The van der Waals surface area contributed by atoms with Crippen LogP contribution in [0.1, 0.15) is 51.1 Å². The normalized spacial score (nSPS) is 15.8. The van der Waals surface area contributed by atoms with Crippen LogP contribution in [0, 0.1) is 11.2 Å². The van der Waals surface area contributed by atoms with Gasteiger partial charge in [-0.05, 0) is 61.2 Å². The highest BCUT2D eigenvalue weighted by atomic mass is 35.5. The number of benzene rings is 3. The van der Waals surface area contributed by atoms with Gasteiger partial charge in [0.15, 0.2) is 0 Å². The molecule has 0 bridgehead atoms. The Morgan fingerprint density at radius 1 is 1.04 bits per heavy atom. The molecule has 1 aliphatic heterocycles. The van der Waals surface area contributed by atoms with Crippen LogP contribution < -0.4 is 10.2 Å². The fraction of sp³-hybridized carbons (Fsp3) is 0.250. The molecule has 0 atom stereocenters. The minimum Gasteiger partial charge on any atom is -0.478 e. The topological polar surface area (TPSA) is 114 Å². The summed E-state index contributed by atoms with van der Waals surface area (Å²) in [4.78, 5) is 41.3. The number of urea groups is 1. The molecular weight excluding hydrogens is 616 g/mol. The van der Waals surface area contributed by atoms with Gasteiger partial charge in [-0.3, -0.25) is 15.1 Å². The minimum absolute atomic E-state index is 0.00417. The summed E-state index contributed by atoms with van der Waals surface area (Å²) in [6, 6.07) is 15.1. The first kappa shape index (κ1) is 31.7. The van der Waals surface area contributed by atoms with Crippen LogP contribution in [0.2, 0.25) is 5.02 Å². The molecule has 13 heteroatoms. The number of carbonyl (C=O) groups excluding carboxylic acids is 2. The molecule has 0 unspecified atom stereocenters. The number of hydrogen-bond donors (Lipinski definition) is 3. The van der Waals surface area contributed by atoms with Gasteiger partial charge in [0.25, 0.3) is 5.91 Å². The van der Waals surface area contributed by atoms with Gasteiger partial charge >= 0.3 is 18.2 Å². The maximum absolute atomic E-state index is 15.0. The first-order valence-electron chi connectivity index (χ1n) is 13.8. The molecule has 3 N–H and O–H groups in total. The fourth-order valence-corrected chi connectivity index (χ4v) is 5.75. The van der Waals surface area contributed by atoms with E-state index in [-0.39, 0.29) is 76.6 Å². The van der Waals surface area contributed by atoms with E-state index in [1.807, 2.05) is 0 Å². The van der Waals surface area contributed by atoms with E-state index in [9.17, 15) is 32.7 Å². The van der Waals surface area contributed by atoms with Crippen LogP contribution in [-0.4, -0.2) is 59.9 Å².